The summed E-state index contributed by atoms with van der Waals surface area (Å²) in [6, 6.07) is 6.98. The van der Waals surface area contributed by atoms with E-state index in [1.165, 1.54) is 6.07 Å². The largest absolute Gasteiger partial charge is 0.490 e. The van der Waals surface area contributed by atoms with Gasteiger partial charge < -0.3 is 18.6 Å². The van der Waals surface area contributed by atoms with Crippen molar-refractivity contribution in [2.24, 2.45) is 0 Å². The average molecular weight is 465 g/mol. The second-order valence-corrected chi connectivity index (χ2v) is 6.55. The molecule has 0 saturated carbocycles. The number of ether oxygens (including phenoxy) is 3. The second-order valence-electron chi connectivity index (χ2n) is 6.55. The molecular weight excluding hydrogens is 443 g/mol. The molecule has 0 aliphatic heterocycles. The predicted molar refractivity (Wildman–Crippen MR) is 113 cm³/mol. The Kier molecular flexibility index (Phi) is 7.41. The Morgan fingerprint density at radius 2 is 1.61 bits per heavy atom. The van der Waals surface area contributed by atoms with Gasteiger partial charge in [0.15, 0.2) is 11.5 Å². The van der Waals surface area contributed by atoms with Gasteiger partial charge >= 0.3 is 12.2 Å². The average Bonchev–Trinajstić information content (AvgIpc) is 3.24. The predicted octanol–water partition coefficient (Wildman–Crippen LogP) is 5.20. The third-order valence-electron chi connectivity index (χ3n) is 4.25. The van der Waals surface area contributed by atoms with E-state index in [-0.39, 0.29) is 17.5 Å². The fraction of sp³-hybridized carbons (Fsp3) is 0.318. The van der Waals surface area contributed by atoms with E-state index in [9.17, 15) is 18.0 Å². The van der Waals surface area contributed by atoms with Crippen molar-refractivity contribution in [3.8, 4) is 28.7 Å². The van der Waals surface area contributed by atoms with Gasteiger partial charge in [-0.05, 0) is 51.1 Å². The molecule has 0 aliphatic rings. The van der Waals surface area contributed by atoms with Crippen LogP contribution in [0.1, 0.15) is 36.7 Å². The summed E-state index contributed by atoms with van der Waals surface area (Å²) in [6.07, 6.45) is -4.57. The van der Waals surface area contributed by atoms with Gasteiger partial charge in [0.25, 0.3) is 5.91 Å². The maximum Gasteiger partial charge on any atom is 0.416 e. The molecule has 1 aromatic heterocycles. The fourth-order valence-corrected chi connectivity index (χ4v) is 2.91. The first-order valence-electron chi connectivity index (χ1n) is 10.2. The summed E-state index contributed by atoms with van der Waals surface area (Å²) in [6.45, 7) is 6.60. The van der Waals surface area contributed by atoms with Gasteiger partial charge in [0.1, 0.15) is 0 Å². The second kappa shape index (κ2) is 10.2. The number of aromatic nitrogens is 2. The first-order valence-corrected chi connectivity index (χ1v) is 10.2. The van der Waals surface area contributed by atoms with Crippen LogP contribution in [0, 0.1) is 0 Å². The van der Waals surface area contributed by atoms with E-state index in [0.717, 1.165) is 18.2 Å². The van der Waals surface area contributed by atoms with E-state index in [4.69, 9.17) is 18.6 Å². The number of halogens is 3. The normalized spacial score (nSPS) is 11.2. The number of nitrogens with one attached hydrogen (secondary N) is 1. The Hall–Kier alpha value is -3.76. The van der Waals surface area contributed by atoms with Crippen LogP contribution in [0.4, 0.5) is 19.2 Å². The van der Waals surface area contributed by atoms with Gasteiger partial charge in [-0.15, -0.1) is 5.10 Å². The summed E-state index contributed by atoms with van der Waals surface area (Å²) >= 11 is 0. The molecule has 0 saturated heterocycles. The van der Waals surface area contributed by atoms with Crippen LogP contribution in [0.3, 0.4) is 0 Å². The van der Waals surface area contributed by atoms with E-state index in [0.29, 0.717) is 42.6 Å². The number of rotatable bonds is 9. The van der Waals surface area contributed by atoms with Gasteiger partial charge in [0, 0.05) is 11.1 Å². The number of hydrogen-bond acceptors (Lipinski definition) is 7. The molecule has 0 bridgehead atoms. The summed E-state index contributed by atoms with van der Waals surface area (Å²) in [4.78, 5) is 12.4. The Balaban J connectivity index is 1.87. The van der Waals surface area contributed by atoms with E-state index in [1.54, 1.807) is 12.1 Å². The minimum Gasteiger partial charge on any atom is -0.490 e. The van der Waals surface area contributed by atoms with E-state index in [2.05, 4.69) is 15.5 Å². The van der Waals surface area contributed by atoms with E-state index < -0.39 is 17.6 Å². The Morgan fingerprint density at radius 1 is 0.970 bits per heavy atom. The Morgan fingerprint density at radius 3 is 2.18 bits per heavy atom. The number of hydrogen-bond donors (Lipinski definition) is 1. The van der Waals surface area contributed by atoms with Crippen LogP contribution in [-0.2, 0) is 6.18 Å². The van der Waals surface area contributed by atoms with Crippen LogP contribution in [0.2, 0.25) is 0 Å². The summed E-state index contributed by atoms with van der Waals surface area (Å²) in [5.74, 6) is 0.468. The first kappa shape index (κ1) is 23.9. The lowest BCUT2D eigenvalue weighted by Crippen LogP contribution is -2.14. The lowest BCUT2D eigenvalue weighted by Gasteiger charge is -2.16. The van der Waals surface area contributed by atoms with E-state index in [1.807, 2.05) is 20.8 Å². The SMILES string of the molecule is CCOc1cc(-c2nnc(NC(=O)c3cccc(C(F)(F)F)c3)o2)cc(OCC)c1OCC. The minimum atomic E-state index is -4.57. The molecule has 0 radical (unpaired) electrons. The van der Waals surface area contributed by atoms with Crippen molar-refractivity contribution in [3.63, 3.8) is 0 Å². The highest BCUT2D eigenvalue weighted by Gasteiger charge is 2.31. The fourth-order valence-electron chi connectivity index (χ4n) is 2.91. The Bertz CT molecular complexity index is 1090. The molecule has 8 nitrogen and oxygen atoms in total. The third-order valence-corrected chi connectivity index (χ3v) is 4.25. The van der Waals surface area contributed by atoms with Crippen LogP contribution in [0.5, 0.6) is 17.2 Å². The molecule has 0 spiro atoms. The zero-order valence-corrected chi connectivity index (χ0v) is 18.2. The number of nitrogens with zero attached hydrogens (tertiary/aromatic N) is 2. The quantitative estimate of drug-likeness (QED) is 0.464. The molecule has 3 rings (SSSR count). The van der Waals surface area contributed by atoms with Crippen LogP contribution in [-0.4, -0.2) is 35.9 Å². The maximum absolute atomic E-state index is 12.9. The number of benzene rings is 2. The van der Waals surface area contributed by atoms with Crippen molar-refractivity contribution in [1.29, 1.82) is 0 Å². The highest BCUT2D eigenvalue weighted by Crippen LogP contribution is 2.42. The number of anilines is 1. The topological polar surface area (TPSA) is 95.7 Å². The Labute approximate surface area is 187 Å². The molecule has 0 fully saturated rings. The lowest BCUT2D eigenvalue weighted by molar-refractivity contribution is -0.137. The van der Waals surface area contributed by atoms with Gasteiger partial charge in [-0.2, -0.15) is 13.2 Å². The maximum atomic E-state index is 12.9. The molecule has 11 heteroatoms. The number of amides is 1. The highest BCUT2D eigenvalue weighted by atomic mass is 19.4. The zero-order valence-electron chi connectivity index (χ0n) is 18.2. The van der Waals surface area contributed by atoms with Gasteiger partial charge in [0.05, 0.1) is 25.4 Å². The monoisotopic (exact) mass is 465 g/mol. The molecule has 0 unspecified atom stereocenters. The summed E-state index contributed by atoms with van der Waals surface area (Å²) in [5.41, 5.74) is -0.706. The molecule has 1 heterocycles. The third kappa shape index (κ3) is 5.73. The molecule has 33 heavy (non-hydrogen) atoms. The zero-order chi connectivity index (χ0) is 24.0. The van der Waals surface area contributed by atoms with Gasteiger partial charge in [-0.3, -0.25) is 10.1 Å². The summed E-state index contributed by atoms with van der Waals surface area (Å²) in [5, 5.41) is 9.96. The summed E-state index contributed by atoms with van der Waals surface area (Å²) < 4.78 is 61.1. The lowest BCUT2D eigenvalue weighted by atomic mass is 10.1. The van der Waals surface area contributed by atoms with Gasteiger partial charge in [-0.1, -0.05) is 11.2 Å². The van der Waals surface area contributed by atoms with Gasteiger partial charge in [-0.25, -0.2) is 0 Å². The standard InChI is InChI=1S/C22H22F3N3O5/c1-4-30-16-11-14(12-17(31-5-2)18(16)32-6-3)20-27-28-21(33-20)26-19(29)13-8-7-9-15(10-13)22(23,24)25/h7-12H,4-6H2,1-3H3,(H,26,28,29). The van der Waals surface area contributed by atoms with Crippen molar-refractivity contribution < 1.29 is 36.6 Å². The van der Waals surface area contributed by atoms with Crippen LogP contribution in [0.25, 0.3) is 11.5 Å². The van der Waals surface area contributed by atoms with Crippen LogP contribution in [0.15, 0.2) is 40.8 Å². The number of carbonyl (C=O) groups excluding carboxylic acids is 1. The van der Waals surface area contributed by atoms with Crippen molar-refractivity contribution in [2.75, 3.05) is 25.1 Å². The molecule has 1 N–H and O–H groups in total. The first-order chi connectivity index (χ1) is 15.8. The van der Waals surface area contributed by atoms with Crippen LogP contribution >= 0.6 is 0 Å². The van der Waals surface area contributed by atoms with Gasteiger partial charge in [0.2, 0.25) is 11.6 Å². The van der Waals surface area contributed by atoms with Crippen molar-refractivity contribution in [2.45, 2.75) is 26.9 Å². The molecule has 2 aromatic carbocycles. The van der Waals surface area contributed by atoms with Crippen molar-refractivity contribution >= 4 is 11.9 Å². The number of carbonyl (C=O) groups is 1. The van der Waals surface area contributed by atoms with Crippen molar-refractivity contribution in [1.82, 2.24) is 10.2 Å². The number of alkyl halides is 3. The van der Waals surface area contributed by atoms with Crippen LogP contribution < -0.4 is 19.5 Å². The molecule has 176 valence electrons. The molecule has 0 aliphatic carbocycles. The molecule has 1 amide bonds. The molecular formula is C22H22F3N3O5. The molecule has 3 aromatic rings. The van der Waals surface area contributed by atoms with E-state index >= 15 is 0 Å². The smallest absolute Gasteiger partial charge is 0.416 e. The summed E-state index contributed by atoms with van der Waals surface area (Å²) in [7, 11) is 0. The molecule has 0 atom stereocenters. The minimum absolute atomic E-state index is 0.0410. The highest BCUT2D eigenvalue weighted by molar-refractivity contribution is 6.03. The van der Waals surface area contributed by atoms with Crippen molar-refractivity contribution in [3.05, 3.63) is 47.5 Å².